The van der Waals surface area contributed by atoms with Crippen LogP contribution in [-0.4, -0.2) is 16.1 Å². The third kappa shape index (κ3) is 3.85. The Balaban J connectivity index is 0.00000192. The lowest BCUT2D eigenvalue weighted by Gasteiger charge is -2.09. The highest BCUT2D eigenvalue weighted by Gasteiger charge is 2.10. The second-order valence-corrected chi connectivity index (χ2v) is 5.09. The first-order chi connectivity index (χ1) is 10.6. The molecule has 0 unspecified atom stereocenters. The highest BCUT2D eigenvalue weighted by atomic mass is 35.5. The van der Waals surface area contributed by atoms with E-state index in [0.29, 0.717) is 17.3 Å². The number of fused-ring (bicyclic) bond motifs is 1. The first kappa shape index (κ1) is 16.9. The molecule has 3 nitrogen and oxygen atoms in total. The molecule has 3 rings (SSSR count). The molecule has 23 heavy (non-hydrogen) atoms. The molecule has 0 spiro atoms. The summed E-state index contributed by atoms with van der Waals surface area (Å²) in [4.78, 5) is 15.4. The Labute approximate surface area is 139 Å². The number of benzene rings is 2. The molecule has 0 radical (unpaired) electrons. The van der Waals surface area contributed by atoms with E-state index < -0.39 is 5.97 Å². The van der Waals surface area contributed by atoms with Crippen LogP contribution in [0.2, 0.25) is 0 Å². The fraction of sp³-hybridized carbons (Fsp3) is 0.111. The van der Waals surface area contributed by atoms with E-state index >= 15 is 0 Å². The lowest BCUT2D eigenvalue weighted by molar-refractivity contribution is -0.136. The lowest BCUT2D eigenvalue weighted by Crippen LogP contribution is -2.00. The smallest absolute Gasteiger partial charge is 0.303 e. The molecule has 0 fully saturated rings. The summed E-state index contributed by atoms with van der Waals surface area (Å²) in [6.07, 6.45) is 0.349. The van der Waals surface area contributed by atoms with Crippen molar-refractivity contribution in [3.8, 4) is 11.3 Å². The van der Waals surface area contributed by atoms with Crippen LogP contribution in [0.1, 0.15) is 12.0 Å². The number of carboxylic acids is 1. The molecule has 1 N–H and O–H groups in total. The standard InChI is InChI=1S/C18H14FNO2.ClH/c19-14-7-8-16-15(11-14)13(6-9-18(21)22)10-17(20-16)12-4-2-1-3-5-12;/h1-5,7-8,10-11H,6,9H2,(H,21,22);1H. The number of aromatic nitrogens is 1. The molecule has 118 valence electrons. The number of aliphatic carboxylic acids is 1. The molecule has 1 heterocycles. The first-order valence-corrected chi connectivity index (χ1v) is 7.00. The fourth-order valence-electron chi connectivity index (χ4n) is 2.47. The van der Waals surface area contributed by atoms with E-state index in [1.54, 1.807) is 6.07 Å². The molecule has 2 aromatic carbocycles. The quantitative estimate of drug-likeness (QED) is 0.766. The Kier molecular flexibility index (Phi) is 5.29. The lowest BCUT2D eigenvalue weighted by atomic mass is 10.0. The highest BCUT2D eigenvalue weighted by molar-refractivity contribution is 5.86. The monoisotopic (exact) mass is 331 g/mol. The Morgan fingerprint density at radius 1 is 1.09 bits per heavy atom. The summed E-state index contributed by atoms with van der Waals surface area (Å²) in [5.74, 6) is -1.22. The van der Waals surface area contributed by atoms with Gasteiger partial charge in [0.25, 0.3) is 0 Å². The highest BCUT2D eigenvalue weighted by Crippen LogP contribution is 2.26. The third-order valence-electron chi connectivity index (χ3n) is 3.53. The van der Waals surface area contributed by atoms with Gasteiger partial charge in [-0.15, -0.1) is 12.4 Å². The maximum Gasteiger partial charge on any atom is 0.303 e. The summed E-state index contributed by atoms with van der Waals surface area (Å²) in [6.45, 7) is 0. The number of carbonyl (C=O) groups is 1. The van der Waals surface area contributed by atoms with Gasteiger partial charge in [0.2, 0.25) is 0 Å². The number of pyridine rings is 1. The van der Waals surface area contributed by atoms with Gasteiger partial charge in [0.15, 0.2) is 0 Å². The van der Waals surface area contributed by atoms with Gasteiger partial charge in [0.1, 0.15) is 5.82 Å². The second kappa shape index (κ2) is 7.20. The van der Waals surface area contributed by atoms with Crippen LogP contribution in [0.15, 0.2) is 54.6 Å². The summed E-state index contributed by atoms with van der Waals surface area (Å²) >= 11 is 0. The predicted molar refractivity (Wildman–Crippen MR) is 90.3 cm³/mol. The Bertz CT molecular complexity index is 837. The van der Waals surface area contributed by atoms with E-state index in [0.717, 1.165) is 16.8 Å². The number of halogens is 2. The van der Waals surface area contributed by atoms with Crippen molar-refractivity contribution in [1.82, 2.24) is 4.98 Å². The van der Waals surface area contributed by atoms with Gasteiger partial charge in [-0.05, 0) is 36.2 Å². The van der Waals surface area contributed by atoms with E-state index in [2.05, 4.69) is 4.98 Å². The van der Waals surface area contributed by atoms with Gasteiger partial charge in [-0.1, -0.05) is 30.3 Å². The topological polar surface area (TPSA) is 50.2 Å². The fourth-order valence-corrected chi connectivity index (χ4v) is 2.47. The number of aryl methyl sites for hydroxylation is 1. The molecule has 0 aliphatic rings. The number of nitrogens with zero attached hydrogens (tertiary/aromatic N) is 1. The zero-order valence-corrected chi connectivity index (χ0v) is 13.0. The molecule has 0 saturated carbocycles. The van der Waals surface area contributed by atoms with Crippen molar-refractivity contribution in [1.29, 1.82) is 0 Å². The van der Waals surface area contributed by atoms with E-state index in [4.69, 9.17) is 5.11 Å². The van der Waals surface area contributed by atoms with Crippen LogP contribution in [0.4, 0.5) is 4.39 Å². The molecule has 0 bridgehead atoms. The van der Waals surface area contributed by atoms with Crippen LogP contribution >= 0.6 is 12.4 Å². The van der Waals surface area contributed by atoms with Crippen molar-refractivity contribution in [2.24, 2.45) is 0 Å². The summed E-state index contributed by atoms with van der Waals surface area (Å²) in [7, 11) is 0. The van der Waals surface area contributed by atoms with Gasteiger partial charge in [-0.3, -0.25) is 4.79 Å². The van der Waals surface area contributed by atoms with Crippen LogP contribution in [0, 0.1) is 5.82 Å². The van der Waals surface area contributed by atoms with E-state index in [9.17, 15) is 9.18 Å². The molecule has 0 amide bonds. The van der Waals surface area contributed by atoms with Crippen LogP contribution in [0.3, 0.4) is 0 Å². The second-order valence-electron chi connectivity index (χ2n) is 5.09. The minimum atomic E-state index is -0.873. The number of rotatable bonds is 4. The first-order valence-electron chi connectivity index (χ1n) is 7.00. The number of hydrogen-bond donors (Lipinski definition) is 1. The van der Waals surface area contributed by atoms with Gasteiger partial charge < -0.3 is 5.11 Å². The summed E-state index contributed by atoms with van der Waals surface area (Å²) < 4.78 is 13.5. The number of hydrogen-bond acceptors (Lipinski definition) is 2. The summed E-state index contributed by atoms with van der Waals surface area (Å²) in [6, 6.07) is 15.9. The minimum absolute atomic E-state index is 0. The summed E-state index contributed by atoms with van der Waals surface area (Å²) in [5.41, 5.74) is 3.18. The van der Waals surface area contributed by atoms with Crippen molar-refractivity contribution in [3.63, 3.8) is 0 Å². The molecule has 1 aromatic heterocycles. The maximum atomic E-state index is 13.5. The van der Waals surface area contributed by atoms with Crippen molar-refractivity contribution in [3.05, 3.63) is 66.0 Å². The van der Waals surface area contributed by atoms with Crippen molar-refractivity contribution >= 4 is 29.3 Å². The molecule has 0 aliphatic heterocycles. The molecular formula is C18H15ClFNO2. The molecule has 5 heteroatoms. The minimum Gasteiger partial charge on any atom is -0.481 e. The predicted octanol–water partition coefficient (Wildman–Crippen LogP) is 4.48. The van der Waals surface area contributed by atoms with Crippen LogP contribution in [0.25, 0.3) is 22.2 Å². The average Bonchev–Trinajstić information content (AvgIpc) is 2.53. The largest absolute Gasteiger partial charge is 0.481 e. The molecule has 0 saturated heterocycles. The van der Waals surface area contributed by atoms with Crippen LogP contribution in [0.5, 0.6) is 0 Å². The van der Waals surface area contributed by atoms with Gasteiger partial charge in [0, 0.05) is 17.4 Å². The third-order valence-corrected chi connectivity index (χ3v) is 3.53. The zero-order valence-electron chi connectivity index (χ0n) is 12.2. The van der Waals surface area contributed by atoms with Crippen LogP contribution in [-0.2, 0) is 11.2 Å². The van der Waals surface area contributed by atoms with Crippen molar-refractivity contribution in [2.75, 3.05) is 0 Å². The molecule has 0 aliphatic carbocycles. The van der Waals surface area contributed by atoms with Gasteiger partial charge in [0.05, 0.1) is 11.2 Å². The molecular weight excluding hydrogens is 317 g/mol. The SMILES string of the molecule is Cl.O=C(O)CCc1cc(-c2ccccc2)nc2ccc(F)cc12. The molecule has 0 atom stereocenters. The van der Waals surface area contributed by atoms with Crippen molar-refractivity contribution < 1.29 is 14.3 Å². The zero-order chi connectivity index (χ0) is 15.5. The van der Waals surface area contributed by atoms with Crippen molar-refractivity contribution in [2.45, 2.75) is 12.8 Å². The van der Waals surface area contributed by atoms with Gasteiger partial charge in [-0.25, -0.2) is 9.37 Å². The van der Waals surface area contributed by atoms with E-state index in [-0.39, 0.29) is 24.6 Å². The van der Waals surface area contributed by atoms with Crippen LogP contribution < -0.4 is 0 Å². The van der Waals surface area contributed by atoms with Gasteiger partial charge in [-0.2, -0.15) is 0 Å². The van der Waals surface area contributed by atoms with E-state index in [1.165, 1.54) is 12.1 Å². The Morgan fingerprint density at radius 2 is 1.83 bits per heavy atom. The Hall–Kier alpha value is -2.46. The summed E-state index contributed by atoms with van der Waals surface area (Å²) in [5, 5.41) is 9.57. The normalized spacial score (nSPS) is 10.3. The number of carboxylic acid groups (broad SMARTS) is 1. The molecule has 3 aromatic rings. The van der Waals surface area contributed by atoms with E-state index in [1.807, 2.05) is 36.4 Å². The maximum absolute atomic E-state index is 13.5. The average molecular weight is 332 g/mol. The Morgan fingerprint density at radius 3 is 2.52 bits per heavy atom. The van der Waals surface area contributed by atoms with Gasteiger partial charge >= 0.3 is 5.97 Å².